The lowest BCUT2D eigenvalue weighted by molar-refractivity contribution is -0.138. The number of nitriles is 1. The molecule has 8 heteroatoms. The second kappa shape index (κ2) is 7.65. The molecule has 2 aromatic carbocycles. The van der Waals surface area contributed by atoms with E-state index in [9.17, 15) is 23.2 Å². The van der Waals surface area contributed by atoms with Crippen molar-refractivity contribution in [1.29, 1.82) is 5.26 Å². The standard InChI is InChI=1S/C22H22F3N3O2/c1-21(2)17-11-15(9-14(12-26)16(17)7-8-28(21)3)27-20(29)13-5-6-19(30-4)18(10-13)22(23,24)25/h5-6,9-11H,7-8H2,1-4H3,(H,27,29). The normalized spacial score (nSPS) is 15.8. The third kappa shape index (κ3) is 3.85. The van der Waals surface area contributed by atoms with Gasteiger partial charge in [0.25, 0.3) is 5.91 Å². The molecule has 30 heavy (non-hydrogen) atoms. The molecule has 0 spiro atoms. The molecular formula is C22H22F3N3O2. The van der Waals surface area contributed by atoms with Crippen LogP contribution in [0.25, 0.3) is 0 Å². The second-order valence-corrected chi connectivity index (χ2v) is 7.76. The number of hydrogen-bond donors (Lipinski definition) is 1. The molecule has 0 bridgehead atoms. The maximum absolute atomic E-state index is 13.3. The van der Waals surface area contributed by atoms with Gasteiger partial charge in [0.15, 0.2) is 0 Å². The van der Waals surface area contributed by atoms with E-state index in [-0.39, 0.29) is 16.9 Å². The summed E-state index contributed by atoms with van der Waals surface area (Å²) >= 11 is 0. The van der Waals surface area contributed by atoms with Crippen LogP contribution in [0.1, 0.15) is 46.5 Å². The number of amides is 1. The number of carbonyl (C=O) groups excluding carboxylic acids is 1. The van der Waals surface area contributed by atoms with Gasteiger partial charge < -0.3 is 10.1 Å². The Bertz CT molecular complexity index is 1040. The van der Waals surface area contributed by atoms with Crippen molar-refractivity contribution < 1.29 is 22.7 Å². The van der Waals surface area contributed by atoms with Crippen molar-refractivity contribution in [2.75, 3.05) is 26.0 Å². The number of alkyl halides is 3. The molecule has 1 aliphatic rings. The van der Waals surface area contributed by atoms with Crippen LogP contribution in [0.5, 0.6) is 5.75 Å². The average molecular weight is 417 g/mol. The van der Waals surface area contributed by atoms with Crippen LogP contribution in [0.2, 0.25) is 0 Å². The van der Waals surface area contributed by atoms with Gasteiger partial charge in [0.1, 0.15) is 5.75 Å². The monoisotopic (exact) mass is 417 g/mol. The molecule has 0 aliphatic carbocycles. The molecule has 5 nitrogen and oxygen atoms in total. The van der Waals surface area contributed by atoms with Crippen molar-refractivity contribution in [3.63, 3.8) is 0 Å². The summed E-state index contributed by atoms with van der Waals surface area (Å²) in [6.07, 6.45) is -3.95. The number of fused-ring (bicyclic) bond motifs is 1. The first-order chi connectivity index (χ1) is 14.0. The molecule has 158 valence electrons. The molecule has 0 unspecified atom stereocenters. The fourth-order valence-corrected chi connectivity index (χ4v) is 3.70. The number of nitrogens with zero attached hydrogens (tertiary/aromatic N) is 2. The van der Waals surface area contributed by atoms with E-state index in [4.69, 9.17) is 4.74 Å². The number of anilines is 1. The first-order valence-corrected chi connectivity index (χ1v) is 9.34. The molecule has 2 aromatic rings. The van der Waals surface area contributed by atoms with Crippen LogP contribution < -0.4 is 10.1 Å². The van der Waals surface area contributed by atoms with E-state index in [0.29, 0.717) is 17.7 Å². The zero-order valence-electron chi connectivity index (χ0n) is 17.1. The van der Waals surface area contributed by atoms with Crippen LogP contribution in [0.15, 0.2) is 30.3 Å². The molecule has 1 heterocycles. The lowest BCUT2D eigenvalue weighted by atomic mass is 9.81. The van der Waals surface area contributed by atoms with Crippen LogP contribution >= 0.6 is 0 Å². The first kappa shape index (κ1) is 21.7. The summed E-state index contributed by atoms with van der Waals surface area (Å²) in [5, 5.41) is 12.2. The third-order valence-electron chi connectivity index (χ3n) is 5.71. The average Bonchev–Trinajstić information content (AvgIpc) is 2.69. The maximum atomic E-state index is 13.3. The molecule has 1 amide bonds. The van der Waals surface area contributed by atoms with Crippen molar-refractivity contribution in [2.45, 2.75) is 32.0 Å². The Balaban J connectivity index is 1.99. The number of benzene rings is 2. The van der Waals surface area contributed by atoms with Gasteiger partial charge in [-0.05, 0) is 68.8 Å². The molecule has 0 saturated carbocycles. The van der Waals surface area contributed by atoms with E-state index in [1.807, 2.05) is 20.9 Å². The molecule has 0 radical (unpaired) electrons. The minimum atomic E-state index is -4.66. The van der Waals surface area contributed by atoms with E-state index in [1.165, 1.54) is 6.07 Å². The van der Waals surface area contributed by atoms with E-state index in [2.05, 4.69) is 16.3 Å². The summed E-state index contributed by atoms with van der Waals surface area (Å²) in [5.74, 6) is -1.06. The highest BCUT2D eigenvalue weighted by Gasteiger charge is 2.36. The SMILES string of the molecule is COc1ccc(C(=O)Nc2cc(C#N)c3c(c2)C(C)(C)N(C)CC3)cc1C(F)(F)F. The summed E-state index contributed by atoms with van der Waals surface area (Å²) in [6, 6.07) is 8.66. The van der Waals surface area contributed by atoms with Crippen LogP contribution in [-0.4, -0.2) is 31.5 Å². The van der Waals surface area contributed by atoms with Gasteiger partial charge in [-0.25, -0.2) is 0 Å². The van der Waals surface area contributed by atoms with Crippen molar-refractivity contribution in [2.24, 2.45) is 0 Å². The Labute approximate surface area is 173 Å². The highest BCUT2D eigenvalue weighted by atomic mass is 19.4. The molecule has 0 saturated heterocycles. The lowest BCUT2D eigenvalue weighted by Gasteiger charge is -2.42. The summed E-state index contributed by atoms with van der Waals surface area (Å²) in [6.45, 7) is 4.85. The summed E-state index contributed by atoms with van der Waals surface area (Å²) in [4.78, 5) is 14.8. The van der Waals surface area contributed by atoms with Gasteiger partial charge in [-0.3, -0.25) is 9.69 Å². The Kier molecular flexibility index (Phi) is 5.52. The van der Waals surface area contributed by atoms with Crippen molar-refractivity contribution in [1.82, 2.24) is 4.90 Å². The smallest absolute Gasteiger partial charge is 0.419 e. The molecule has 0 fully saturated rings. The zero-order chi connectivity index (χ0) is 22.3. The summed E-state index contributed by atoms with van der Waals surface area (Å²) in [5.41, 5.74) is 1.12. The molecular weight excluding hydrogens is 395 g/mol. The van der Waals surface area contributed by atoms with Gasteiger partial charge >= 0.3 is 6.18 Å². The Morgan fingerprint density at radius 3 is 2.57 bits per heavy atom. The molecule has 3 rings (SSSR count). The summed E-state index contributed by atoms with van der Waals surface area (Å²) in [7, 11) is 3.12. The van der Waals surface area contributed by atoms with E-state index < -0.39 is 17.6 Å². The van der Waals surface area contributed by atoms with Crippen LogP contribution in [0.4, 0.5) is 18.9 Å². The predicted octanol–water partition coefficient (Wildman–Crippen LogP) is 4.56. The Morgan fingerprint density at radius 1 is 1.27 bits per heavy atom. The number of carbonyl (C=O) groups is 1. The van der Waals surface area contributed by atoms with E-state index >= 15 is 0 Å². The topological polar surface area (TPSA) is 65.4 Å². The van der Waals surface area contributed by atoms with Gasteiger partial charge in [0, 0.05) is 23.3 Å². The van der Waals surface area contributed by atoms with Gasteiger partial charge in [-0.1, -0.05) is 0 Å². The largest absolute Gasteiger partial charge is 0.496 e. The molecule has 1 aliphatic heterocycles. The minimum absolute atomic E-state index is 0.157. The van der Waals surface area contributed by atoms with Gasteiger partial charge in [-0.15, -0.1) is 0 Å². The van der Waals surface area contributed by atoms with Crippen molar-refractivity contribution in [3.8, 4) is 11.8 Å². The second-order valence-electron chi connectivity index (χ2n) is 7.76. The highest BCUT2D eigenvalue weighted by molar-refractivity contribution is 6.04. The quantitative estimate of drug-likeness (QED) is 0.795. The molecule has 0 atom stereocenters. The third-order valence-corrected chi connectivity index (χ3v) is 5.71. The number of hydrogen-bond acceptors (Lipinski definition) is 4. The number of halogens is 3. The number of methoxy groups -OCH3 is 1. The fraction of sp³-hybridized carbons (Fsp3) is 0.364. The fourth-order valence-electron chi connectivity index (χ4n) is 3.70. The highest BCUT2D eigenvalue weighted by Crippen LogP contribution is 2.38. The van der Waals surface area contributed by atoms with Gasteiger partial charge in [-0.2, -0.15) is 18.4 Å². The van der Waals surface area contributed by atoms with Crippen LogP contribution in [0, 0.1) is 11.3 Å². The number of nitrogens with one attached hydrogen (secondary N) is 1. The van der Waals surface area contributed by atoms with Crippen LogP contribution in [0.3, 0.4) is 0 Å². The van der Waals surface area contributed by atoms with E-state index in [0.717, 1.165) is 36.9 Å². The van der Waals surface area contributed by atoms with Crippen molar-refractivity contribution in [3.05, 3.63) is 58.1 Å². The van der Waals surface area contributed by atoms with Crippen LogP contribution in [-0.2, 0) is 18.1 Å². The van der Waals surface area contributed by atoms with Gasteiger partial charge in [0.2, 0.25) is 0 Å². The minimum Gasteiger partial charge on any atom is -0.496 e. The van der Waals surface area contributed by atoms with Gasteiger partial charge in [0.05, 0.1) is 24.3 Å². The van der Waals surface area contributed by atoms with Crippen molar-refractivity contribution >= 4 is 11.6 Å². The maximum Gasteiger partial charge on any atom is 0.419 e. The number of ether oxygens (including phenoxy) is 1. The Hall–Kier alpha value is -3.05. The lowest BCUT2D eigenvalue weighted by Crippen LogP contribution is -2.44. The first-order valence-electron chi connectivity index (χ1n) is 9.34. The number of rotatable bonds is 3. The number of likely N-dealkylation sites (N-methyl/N-ethyl adjacent to an activating group) is 1. The molecule has 1 N–H and O–H groups in total. The summed E-state index contributed by atoms with van der Waals surface area (Å²) < 4.78 is 44.5. The zero-order valence-corrected chi connectivity index (χ0v) is 17.1. The predicted molar refractivity (Wildman–Crippen MR) is 106 cm³/mol. The van der Waals surface area contributed by atoms with E-state index in [1.54, 1.807) is 12.1 Å². The molecule has 0 aromatic heterocycles. The Morgan fingerprint density at radius 2 is 1.97 bits per heavy atom.